The summed E-state index contributed by atoms with van der Waals surface area (Å²) in [7, 11) is 0. The molecule has 0 aromatic heterocycles. The summed E-state index contributed by atoms with van der Waals surface area (Å²) in [5.41, 5.74) is 0.471. The lowest BCUT2D eigenvalue weighted by atomic mass is 10.0. The third-order valence-corrected chi connectivity index (χ3v) is 3.06. The van der Waals surface area contributed by atoms with Gasteiger partial charge in [0.05, 0.1) is 16.3 Å². The third-order valence-electron chi connectivity index (χ3n) is 2.06. The topological polar surface area (TPSA) is 46.2 Å². The van der Waals surface area contributed by atoms with Crippen molar-refractivity contribution in [1.82, 2.24) is 0 Å². The molecule has 0 unspecified atom stereocenters. The van der Waals surface area contributed by atoms with Crippen LogP contribution in [0.2, 0.25) is 5.02 Å². The van der Waals surface area contributed by atoms with Gasteiger partial charge in [-0.1, -0.05) is 40.9 Å². The quantitative estimate of drug-likeness (QED) is 0.578. The van der Waals surface area contributed by atoms with Gasteiger partial charge in [-0.05, 0) is 12.1 Å². The molecule has 1 N–H and O–H groups in total. The number of benzene rings is 1. The highest BCUT2D eigenvalue weighted by Gasteiger charge is 2.47. The first-order valence-electron chi connectivity index (χ1n) is 3.97. The summed E-state index contributed by atoms with van der Waals surface area (Å²) < 4.78 is -2.10. The molecule has 1 amide bonds. The van der Waals surface area contributed by atoms with Gasteiger partial charge in [0.2, 0.25) is 5.78 Å². The van der Waals surface area contributed by atoms with Crippen LogP contribution in [0.5, 0.6) is 0 Å². The lowest BCUT2D eigenvalue weighted by molar-refractivity contribution is -0.116. The minimum absolute atomic E-state index is 0.142. The first-order chi connectivity index (χ1) is 6.94. The van der Waals surface area contributed by atoms with Crippen molar-refractivity contribution < 1.29 is 9.59 Å². The van der Waals surface area contributed by atoms with E-state index in [0.717, 1.165) is 0 Å². The van der Waals surface area contributed by atoms with Gasteiger partial charge in [-0.2, -0.15) is 0 Å². The van der Waals surface area contributed by atoms with E-state index in [2.05, 4.69) is 5.32 Å². The zero-order valence-corrected chi connectivity index (χ0v) is 9.45. The van der Waals surface area contributed by atoms with Crippen molar-refractivity contribution in [2.75, 3.05) is 5.32 Å². The highest BCUT2D eigenvalue weighted by molar-refractivity contribution is 6.71. The number of anilines is 1. The number of fused-ring (bicyclic) bond motifs is 1. The number of carbonyl (C=O) groups is 2. The Bertz CT molecular complexity index is 470. The van der Waals surface area contributed by atoms with E-state index >= 15 is 0 Å². The monoisotopic (exact) mass is 263 g/mol. The standard InChI is InChI=1S/C9H4Cl3NO2/c10-4-2-1-3-5-6(4)7(14)9(11,12)8(15)13-5/h1-3H,(H,13,15). The zero-order chi connectivity index (χ0) is 11.2. The molecule has 78 valence electrons. The molecule has 1 aliphatic rings. The predicted octanol–water partition coefficient (Wildman–Crippen LogP) is 2.65. The van der Waals surface area contributed by atoms with E-state index in [4.69, 9.17) is 34.8 Å². The summed E-state index contributed by atoms with van der Waals surface area (Å²) >= 11 is 17.1. The molecular weight excluding hydrogens is 260 g/mol. The molecule has 6 heteroatoms. The van der Waals surface area contributed by atoms with E-state index in [9.17, 15) is 9.59 Å². The van der Waals surface area contributed by atoms with Gasteiger partial charge in [-0.15, -0.1) is 0 Å². The number of ketones is 1. The Morgan fingerprint density at radius 1 is 1.20 bits per heavy atom. The molecule has 3 nitrogen and oxygen atoms in total. The van der Waals surface area contributed by atoms with E-state index in [1.807, 2.05) is 0 Å². The number of halogens is 3. The Morgan fingerprint density at radius 2 is 1.87 bits per heavy atom. The fourth-order valence-corrected chi connectivity index (χ4v) is 1.86. The van der Waals surface area contributed by atoms with Crippen LogP contribution in [0.15, 0.2) is 18.2 Å². The van der Waals surface area contributed by atoms with Crippen molar-refractivity contribution in [3.63, 3.8) is 0 Å². The SMILES string of the molecule is O=C1Nc2cccc(Cl)c2C(=O)C1(Cl)Cl. The van der Waals surface area contributed by atoms with Gasteiger partial charge in [0.1, 0.15) is 0 Å². The van der Waals surface area contributed by atoms with Crippen molar-refractivity contribution in [2.24, 2.45) is 0 Å². The summed E-state index contributed by atoms with van der Waals surface area (Å²) in [5, 5.41) is 2.62. The lowest BCUT2D eigenvalue weighted by Gasteiger charge is -2.25. The lowest BCUT2D eigenvalue weighted by Crippen LogP contribution is -2.44. The number of rotatable bonds is 0. The molecular formula is C9H4Cl3NO2. The molecule has 0 spiro atoms. The summed E-state index contributed by atoms with van der Waals surface area (Å²) in [6, 6.07) is 4.70. The highest BCUT2D eigenvalue weighted by Crippen LogP contribution is 2.38. The summed E-state index contributed by atoms with van der Waals surface area (Å²) in [4.78, 5) is 23.1. The maximum Gasteiger partial charge on any atom is 0.269 e. The molecule has 0 saturated carbocycles. The average molecular weight is 264 g/mol. The summed E-state index contributed by atoms with van der Waals surface area (Å²) in [6.45, 7) is 0. The van der Waals surface area contributed by atoms with Gasteiger partial charge in [0.25, 0.3) is 10.2 Å². The maximum atomic E-state index is 11.8. The number of hydrogen-bond acceptors (Lipinski definition) is 2. The van der Waals surface area contributed by atoms with Crippen molar-refractivity contribution in [3.05, 3.63) is 28.8 Å². The van der Waals surface area contributed by atoms with Crippen LogP contribution >= 0.6 is 34.8 Å². The molecule has 15 heavy (non-hydrogen) atoms. The molecule has 1 aliphatic heterocycles. The second-order valence-corrected chi connectivity index (χ2v) is 4.75. The molecule has 0 atom stereocenters. The second-order valence-electron chi connectivity index (χ2n) is 3.02. The molecule has 2 rings (SSSR count). The van der Waals surface area contributed by atoms with Crippen LogP contribution in [0.4, 0.5) is 5.69 Å². The Hall–Kier alpha value is -0.770. The molecule has 0 aliphatic carbocycles. The van der Waals surface area contributed by atoms with E-state index in [-0.39, 0.29) is 10.6 Å². The number of hydrogen-bond donors (Lipinski definition) is 1. The Kier molecular flexibility index (Phi) is 2.41. The van der Waals surface area contributed by atoms with Crippen LogP contribution in [-0.4, -0.2) is 16.0 Å². The Labute approximate surface area is 100 Å². The molecule has 1 aromatic carbocycles. The normalized spacial score (nSPS) is 18.3. The number of carbonyl (C=O) groups excluding carboxylic acids is 2. The van der Waals surface area contributed by atoms with Crippen molar-refractivity contribution in [3.8, 4) is 0 Å². The van der Waals surface area contributed by atoms with Crippen LogP contribution in [0.1, 0.15) is 10.4 Å². The van der Waals surface area contributed by atoms with E-state index in [1.54, 1.807) is 12.1 Å². The van der Waals surface area contributed by atoms with Crippen molar-refractivity contribution in [1.29, 1.82) is 0 Å². The average Bonchev–Trinajstić information content (AvgIpc) is 2.15. The first-order valence-corrected chi connectivity index (χ1v) is 5.10. The van der Waals surface area contributed by atoms with Crippen LogP contribution in [0.25, 0.3) is 0 Å². The fourth-order valence-electron chi connectivity index (χ4n) is 1.32. The van der Waals surface area contributed by atoms with E-state index in [1.165, 1.54) is 6.07 Å². The minimum Gasteiger partial charge on any atom is -0.322 e. The van der Waals surface area contributed by atoms with Gasteiger partial charge in [-0.25, -0.2) is 0 Å². The fraction of sp³-hybridized carbons (Fsp3) is 0.111. The number of Topliss-reactive ketones (excluding diaryl/α,β-unsaturated/α-hetero) is 1. The number of alkyl halides is 2. The molecule has 1 aromatic rings. The Morgan fingerprint density at radius 3 is 2.53 bits per heavy atom. The molecule has 0 radical (unpaired) electrons. The van der Waals surface area contributed by atoms with E-state index in [0.29, 0.717) is 5.69 Å². The number of amides is 1. The molecule has 0 bridgehead atoms. The summed E-state index contributed by atoms with van der Waals surface area (Å²) in [5.74, 6) is -1.46. The summed E-state index contributed by atoms with van der Waals surface area (Å²) in [6.07, 6.45) is 0. The van der Waals surface area contributed by atoms with E-state index < -0.39 is 16.0 Å². The van der Waals surface area contributed by atoms with Crippen molar-refractivity contribution in [2.45, 2.75) is 4.33 Å². The van der Waals surface area contributed by atoms with Gasteiger partial charge in [0, 0.05) is 0 Å². The molecule has 1 heterocycles. The van der Waals surface area contributed by atoms with Gasteiger partial charge >= 0.3 is 0 Å². The van der Waals surface area contributed by atoms with Crippen LogP contribution in [-0.2, 0) is 4.79 Å². The maximum absolute atomic E-state index is 11.8. The van der Waals surface area contributed by atoms with Crippen molar-refractivity contribution >= 4 is 52.2 Å². The van der Waals surface area contributed by atoms with Gasteiger partial charge in [0.15, 0.2) is 0 Å². The van der Waals surface area contributed by atoms with Gasteiger partial charge in [-0.3, -0.25) is 9.59 Å². The zero-order valence-electron chi connectivity index (χ0n) is 7.18. The van der Waals surface area contributed by atoms with Crippen LogP contribution < -0.4 is 5.32 Å². The minimum atomic E-state index is -2.10. The van der Waals surface area contributed by atoms with Gasteiger partial charge < -0.3 is 5.32 Å². The number of nitrogens with one attached hydrogen (secondary N) is 1. The third kappa shape index (κ3) is 1.51. The first kappa shape index (κ1) is 10.7. The highest BCUT2D eigenvalue weighted by atomic mass is 35.5. The molecule has 0 saturated heterocycles. The second kappa shape index (κ2) is 3.37. The van der Waals surface area contributed by atoms with Crippen LogP contribution in [0.3, 0.4) is 0 Å². The molecule has 0 fully saturated rings. The van der Waals surface area contributed by atoms with Crippen LogP contribution in [0, 0.1) is 0 Å². The largest absolute Gasteiger partial charge is 0.322 e. The predicted molar refractivity (Wildman–Crippen MR) is 58.8 cm³/mol. The Balaban J connectivity index is 2.68. The smallest absolute Gasteiger partial charge is 0.269 e.